The molecule has 1 aromatic carbocycles. The molecule has 1 fully saturated rings. The highest BCUT2D eigenvalue weighted by atomic mass is 19.1. The van der Waals surface area contributed by atoms with Crippen molar-refractivity contribution in [1.29, 1.82) is 0 Å². The van der Waals surface area contributed by atoms with Gasteiger partial charge in [0.2, 0.25) is 0 Å². The van der Waals surface area contributed by atoms with E-state index in [0.717, 1.165) is 47.4 Å². The Morgan fingerprint density at radius 2 is 2.15 bits per heavy atom. The summed E-state index contributed by atoms with van der Waals surface area (Å²) in [7, 11) is 2.01. The Balaban J connectivity index is 1.62. The number of aromatic amines is 1. The molecule has 4 rings (SSSR count). The molecule has 26 heavy (non-hydrogen) atoms. The average Bonchev–Trinajstić information content (AvgIpc) is 3.13. The van der Waals surface area contributed by atoms with Gasteiger partial charge in [-0.2, -0.15) is 0 Å². The summed E-state index contributed by atoms with van der Waals surface area (Å²) in [5.74, 6) is 0.973. The van der Waals surface area contributed by atoms with Gasteiger partial charge in [-0.15, -0.1) is 0 Å². The maximum atomic E-state index is 13.5. The van der Waals surface area contributed by atoms with Crippen LogP contribution in [0.15, 0.2) is 24.4 Å². The lowest BCUT2D eigenvalue weighted by Crippen LogP contribution is -2.40. The Bertz CT molecular complexity index is 987. The Morgan fingerprint density at radius 1 is 1.35 bits per heavy atom. The average molecular weight is 354 g/mol. The molecule has 6 heteroatoms. The molecule has 1 atom stereocenters. The number of halogens is 1. The van der Waals surface area contributed by atoms with Gasteiger partial charge in [-0.1, -0.05) is 0 Å². The second-order valence-corrected chi connectivity index (χ2v) is 7.26. The van der Waals surface area contributed by atoms with E-state index in [2.05, 4.69) is 14.5 Å². The van der Waals surface area contributed by atoms with E-state index >= 15 is 0 Å². The summed E-state index contributed by atoms with van der Waals surface area (Å²) < 4.78 is 15.6. The molecule has 1 unspecified atom stereocenters. The molecule has 1 aliphatic rings. The highest BCUT2D eigenvalue weighted by Crippen LogP contribution is 2.29. The molecule has 136 valence electrons. The topological polar surface area (TPSA) is 53.9 Å². The third kappa shape index (κ3) is 2.79. The normalized spacial score (nSPS) is 17.8. The first kappa shape index (κ1) is 16.8. The lowest BCUT2D eigenvalue weighted by atomic mass is 9.96. The number of likely N-dealkylation sites (tertiary alicyclic amines) is 1. The summed E-state index contributed by atoms with van der Waals surface area (Å²) in [6.45, 7) is 5.26. The molecule has 0 bridgehead atoms. The van der Waals surface area contributed by atoms with Crippen LogP contribution in [0.25, 0.3) is 10.9 Å². The first-order valence-electron chi connectivity index (χ1n) is 9.01. The van der Waals surface area contributed by atoms with Crippen LogP contribution in [0.4, 0.5) is 4.39 Å². The number of nitrogens with zero attached hydrogens (tertiary/aromatic N) is 3. The molecule has 5 nitrogen and oxygen atoms in total. The van der Waals surface area contributed by atoms with Gasteiger partial charge in [0.05, 0.1) is 5.69 Å². The maximum absolute atomic E-state index is 13.5. The molecular formula is C20H23FN4O. The second kappa shape index (κ2) is 6.27. The minimum atomic E-state index is -0.290. The minimum Gasteiger partial charge on any atom is -0.350 e. The SMILES string of the molecule is Cc1cn(C)c(C2CCCN(C(=O)c3[nH]c4ccc(F)cc4c3C)C2)n1. The third-order valence-electron chi connectivity index (χ3n) is 5.34. The van der Waals surface area contributed by atoms with Crippen molar-refractivity contribution in [3.05, 3.63) is 53.0 Å². The Hall–Kier alpha value is -2.63. The van der Waals surface area contributed by atoms with Crippen LogP contribution in [0.3, 0.4) is 0 Å². The van der Waals surface area contributed by atoms with Crippen LogP contribution in [0.5, 0.6) is 0 Å². The number of aromatic nitrogens is 3. The first-order chi connectivity index (χ1) is 12.4. The number of imidazole rings is 1. The predicted molar refractivity (Wildman–Crippen MR) is 98.8 cm³/mol. The summed E-state index contributed by atoms with van der Waals surface area (Å²) in [5, 5.41) is 0.765. The lowest BCUT2D eigenvalue weighted by Gasteiger charge is -2.32. The molecule has 0 spiro atoms. The van der Waals surface area contributed by atoms with Crippen molar-refractivity contribution >= 4 is 16.8 Å². The minimum absolute atomic E-state index is 0.0188. The highest BCUT2D eigenvalue weighted by Gasteiger charge is 2.29. The largest absolute Gasteiger partial charge is 0.350 e. The van der Waals surface area contributed by atoms with E-state index in [4.69, 9.17) is 0 Å². The van der Waals surface area contributed by atoms with Crippen molar-refractivity contribution in [2.45, 2.75) is 32.6 Å². The number of benzene rings is 1. The van der Waals surface area contributed by atoms with E-state index in [1.807, 2.05) is 32.0 Å². The number of hydrogen-bond donors (Lipinski definition) is 1. The monoisotopic (exact) mass is 354 g/mol. The van der Waals surface area contributed by atoms with Gasteiger partial charge in [-0.05, 0) is 50.5 Å². The summed E-state index contributed by atoms with van der Waals surface area (Å²) in [6, 6.07) is 4.57. The molecule has 0 aliphatic carbocycles. The standard InChI is InChI=1S/C20H23FN4O/c1-12-10-24(3)19(22-12)14-5-4-8-25(11-14)20(26)18-13(2)16-9-15(21)6-7-17(16)23-18/h6-7,9-10,14,23H,4-5,8,11H2,1-3H3. The lowest BCUT2D eigenvalue weighted by molar-refractivity contribution is 0.0698. The molecule has 2 aromatic heterocycles. The van der Waals surface area contributed by atoms with Crippen molar-refractivity contribution in [3.63, 3.8) is 0 Å². The van der Waals surface area contributed by atoms with E-state index in [-0.39, 0.29) is 17.6 Å². The van der Waals surface area contributed by atoms with Crippen LogP contribution in [0.1, 0.15) is 46.3 Å². The molecule has 3 aromatic rings. The molecule has 1 aliphatic heterocycles. The van der Waals surface area contributed by atoms with Crippen LogP contribution in [-0.2, 0) is 7.05 Å². The second-order valence-electron chi connectivity index (χ2n) is 7.26. The smallest absolute Gasteiger partial charge is 0.270 e. The van der Waals surface area contributed by atoms with E-state index in [0.29, 0.717) is 12.2 Å². The van der Waals surface area contributed by atoms with Gasteiger partial charge in [0.1, 0.15) is 17.3 Å². The highest BCUT2D eigenvalue weighted by molar-refractivity contribution is 6.01. The van der Waals surface area contributed by atoms with Gasteiger partial charge < -0.3 is 14.5 Å². The fraction of sp³-hybridized carbons (Fsp3) is 0.400. The number of fused-ring (bicyclic) bond motifs is 1. The maximum Gasteiger partial charge on any atom is 0.270 e. The van der Waals surface area contributed by atoms with Gasteiger partial charge in [-0.25, -0.2) is 9.37 Å². The summed E-state index contributed by atoms with van der Waals surface area (Å²) >= 11 is 0. The van der Waals surface area contributed by atoms with Crippen molar-refractivity contribution in [2.75, 3.05) is 13.1 Å². The van der Waals surface area contributed by atoms with E-state index in [9.17, 15) is 9.18 Å². The molecule has 1 N–H and O–H groups in total. The number of hydrogen-bond acceptors (Lipinski definition) is 2. The Labute approximate surface area is 151 Å². The van der Waals surface area contributed by atoms with E-state index in [1.54, 1.807) is 6.07 Å². The van der Waals surface area contributed by atoms with Gasteiger partial charge in [0.25, 0.3) is 5.91 Å². The van der Waals surface area contributed by atoms with E-state index in [1.165, 1.54) is 12.1 Å². The van der Waals surface area contributed by atoms with Crippen molar-refractivity contribution in [1.82, 2.24) is 19.4 Å². The number of amides is 1. The number of carbonyl (C=O) groups is 1. The zero-order valence-electron chi connectivity index (χ0n) is 15.3. The van der Waals surface area contributed by atoms with Gasteiger partial charge in [0, 0.05) is 43.2 Å². The first-order valence-corrected chi connectivity index (χ1v) is 9.01. The summed E-state index contributed by atoms with van der Waals surface area (Å²) in [6.07, 6.45) is 4.01. The number of nitrogens with one attached hydrogen (secondary N) is 1. The zero-order valence-corrected chi connectivity index (χ0v) is 15.3. The summed E-state index contributed by atoms with van der Waals surface area (Å²) in [5.41, 5.74) is 3.15. The molecule has 3 heterocycles. The number of piperidine rings is 1. The summed E-state index contributed by atoms with van der Waals surface area (Å²) in [4.78, 5) is 22.8. The van der Waals surface area contributed by atoms with Crippen molar-refractivity contribution < 1.29 is 9.18 Å². The number of carbonyl (C=O) groups excluding carboxylic acids is 1. The van der Waals surface area contributed by atoms with Crippen LogP contribution >= 0.6 is 0 Å². The van der Waals surface area contributed by atoms with Crippen LogP contribution in [0, 0.1) is 19.7 Å². The molecule has 1 saturated heterocycles. The fourth-order valence-electron chi connectivity index (χ4n) is 4.06. The Morgan fingerprint density at radius 3 is 2.88 bits per heavy atom. The zero-order chi connectivity index (χ0) is 18.4. The molecule has 0 radical (unpaired) electrons. The number of rotatable bonds is 2. The van der Waals surface area contributed by atoms with Crippen LogP contribution < -0.4 is 0 Å². The molecule has 1 amide bonds. The van der Waals surface area contributed by atoms with E-state index < -0.39 is 0 Å². The fourth-order valence-corrected chi connectivity index (χ4v) is 4.06. The quantitative estimate of drug-likeness (QED) is 0.763. The number of aryl methyl sites for hydroxylation is 3. The van der Waals surface area contributed by atoms with Crippen LogP contribution in [-0.4, -0.2) is 38.4 Å². The third-order valence-corrected chi connectivity index (χ3v) is 5.34. The van der Waals surface area contributed by atoms with Gasteiger partial charge in [0.15, 0.2) is 0 Å². The van der Waals surface area contributed by atoms with Gasteiger partial charge >= 0.3 is 0 Å². The predicted octanol–water partition coefficient (Wildman–Crippen LogP) is 3.68. The van der Waals surface area contributed by atoms with Crippen molar-refractivity contribution in [3.8, 4) is 0 Å². The van der Waals surface area contributed by atoms with Gasteiger partial charge in [-0.3, -0.25) is 4.79 Å². The molecular weight excluding hydrogens is 331 g/mol. The molecule has 0 saturated carbocycles. The number of H-pyrrole nitrogens is 1. The Kier molecular flexibility index (Phi) is 4.05. The van der Waals surface area contributed by atoms with Crippen LogP contribution in [0.2, 0.25) is 0 Å². The van der Waals surface area contributed by atoms with Crippen molar-refractivity contribution in [2.24, 2.45) is 7.05 Å².